The largest absolute Gasteiger partial charge is 0.383 e. The first kappa shape index (κ1) is 14.1. The lowest BCUT2D eigenvalue weighted by atomic mass is 10.3. The van der Waals surface area contributed by atoms with Gasteiger partial charge in [0.25, 0.3) is 0 Å². The van der Waals surface area contributed by atoms with E-state index < -0.39 is 0 Å². The molecule has 0 saturated carbocycles. The summed E-state index contributed by atoms with van der Waals surface area (Å²) in [5.74, 6) is -0.146. The number of Topliss-reactive ketones (excluding diaryl/α,β-unsaturated/α-hetero) is 1. The van der Waals surface area contributed by atoms with E-state index in [4.69, 9.17) is 9.47 Å². The van der Waals surface area contributed by atoms with Crippen molar-refractivity contribution in [2.24, 2.45) is 0 Å². The number of hydrogen-bond acceptors (Lipinski definition) is 4. The van der Waals surface area contributed by atoms with Gasteiger partial charge in [-0.15, -0.1) is 0 Å². The van der Waals surface area contributed by atoms with Gasteiger partial charge in [0.2, 0.25) is 5.91 Å². The van der Waals surface area contributed by atoms with Crippen molar-refractivity contribution in [1.82, 2.24) is 4.90 Å². The minimum atomic E-state index is -0.184. The van der Waals surface area contributed by atoms with Gasteiger partial charge in [0.15, 0.2) is 5.78 Å². The molecule has 0 aromatic heterocycles. The summed E-state index contributed by atoms with van der Waals surface area (Å²) < 4.78 is 9.61. The van der Waals surface area contributed by atoms with E-state index in [0.717, 1.165) is 0 Å². The molecule has 0 atom stereocenters. The quantitative estimate of drug-likeness (QED) is 0.578. The Morgan fingerprint density at radius 1 is 1.20 bits per heavy atom. The van der Waals surface area contributed by atoms with Crippen LogP contribution < -0.4 is 0 Å². The molecule has 0 aliphatic heterocycles. The molecule has 0 radical (unpaired) electrons. The zero-order chi connectivity index (χ0) is 11.7. The second-order valence-corrected chi connectivity index (χ2v) is 3.13. The van der Waals surface area contributed by atoms with Gasteiger partial charge in [-0.3, -0.25) is 9.59 Å². The van der Waals surface area contributed by atoms with Gasteiger partial charge < -0.3 is 14.4 Å². The fourth-order valence-corrected chi connectivity index (χ4v) is 1.03. The topological polar surface area (TPSA) is 55.8 Å². The Balaban J connectivity index is 4.16. The van der Waals surface area contributed by atoms with E-state index in [9.17, 15) is 9.59 Å². The third-order valence-corrected chi connectivity index (χ3v) is 1.95. The number of nitrogens with zero attached hydrogens (tertiary/aromatic N) is 1. The van der Waals surface area contributed by atoms with Crippen LogP contribution >= 0.6 is 0 Å². The summed E-state index contributed by atoms with van der Waals surface area (Å²) in [6, 6.07) is 0. The van der Waals surface area contributed by atoms with Crippen molar-refractivity contribution in [3.05, 3.63) is 0 Å². The number of carbonyl (C=O) groups excluding carboxylic acids is 2. The van der Waals surface area contributed by atoms with Crippen LogP contribution in [0, 0.1) is 0 Å². The molecule has 0 rings (SSSR count). The number of methoxy groups -OCH3 is 2. The van der Waals surface area contributed by atoms with Crippen molar-refractivity contribution in [1.29, 1.82) is 0 Å². The Kier molecular flexibility index (Phi) is 7.85. The first-order valence-electron chi connectivity index (χ1n) is 4.93. The number of amides is 1. The summed E-state index contributed by atoms with van der Waals surface area (Å²) in [5, 5.41) is 0. The van der Waals surface area contributed by atoms with Crippen LogP contribution in [0.1, 0.15) is 13.3 Å². The van der Waals surface area contributed by atoms with Crippen molar-refractivity contribution >= 4 is 11.7 Å². The van der Waals surface area contributed by atoms with Crippen molar-refractivity contribution in [3.8, 4) is 0 Å². The van der Waals surface area contributed by atoms with Crippen LogP contribution in [0.3, 0.4) is 0 Å². The lowest BCUT2D eigenvalue weighted by Gasteiger charge is -2.20. The van der Waals surface area contributed by atoms with Crippen molar-refractivity contribution in [2.45, 2.75) is 13.3 Å². The highest BCUT2D eigenvalue weighted by Crippen LogP contribution is 1.94. The number of ketones is 1. The molecule has 1 amide bonds. The van der Waals surface area contributed by atoms with Crippen LogP contribution in [0.15, 0.2) is 0 Å². The fourth-order valence-electron chi connectivity index (χ4n) is 1.03. The second-order valence-electron chi connectivity index (χ2n) is 3.13. The molecule has 0 spiro atoms. The summed E-state index contributed by atoms with van der Waals surface area (Å²) in [6.45, 7) is 2.76. The maximum Gasteiger partial charge on any atom is 0.249 e. The molecule has 0 fully saturated rings. The highest BCUT2D eigenvalue weighted by molar-refractivity contribution is 5.86. The van der Waals surface area contributed by atoms with Gasteiger partial charge in [-0.25, -0.2) is 0 Å². The minimum Gasteiger partial charge on any atom is -0.383 e. The number of ether oxygens (including phenoxy) is 2. The minimum absolute atomic E-state index is 0.000703. The Morgan fingerprint density at radius 3 is 2.33 bits per heavy atom. The summed E-state index contributed by atoms with van der Waals surface area (Å²) >= 11 is 0. The van der Waals surface area contributed by atoms with Gasteiger partial charge in [-0.2, -0.15) is 0 Å². The maximum absolute atomic E-state index is 11.5. The number of hydrogen-bond donors (Lipinski definition) is 0. The average Bonchev–Trinajstić information content (AvgIpc) is 2.24. The van der Waals surface area contributed by atoms with Gasteiger partial charge in [0, 0.05) is 27.2 Å². The second kappa shape index (κ2) is 8.38. The molecule has 0 bridgehead atoms. The molecule has 5 nitrogen and oxygen atoms in total. The first-order valence-corrected chi connectivity index (χ1v) is 4.93. The van der Waals surface area contributed by atoms with Crippen LogP contribution in [0.2, 0.25) is 0 Å². The van der Waals surface area contributed by atoms with E-state index in [1.807, 2.05) is 0 Å². The predicted octanol–water partition coefficient (Wildman–Crippen LogP) is 0.0869. The van der Waals surface area contributed by atoms with Crippen molar-refractivity contribution in [2.75, 3.05) is 40.5 Å². The summed E-state index contributed by atoms with van der Waals surface area (Å²) in [5.41, 5.74) is 0. The van der Waals surface area contributed by atoms with E-state index in [1.54, 1.807) is 14.0 Å². The summed E-state index contributed by atoms with van der Waals surface area (Å²) in [4.78, 5) is 24.2. The standard InChI is InChI=1S/C10H19NO4/c1-4-9(12)7-11(5-6-14-2)10(13)8-15-3/h4-8H2,1-3H3. The van der Waals surface area contributed by atoms with Crippen LogP contribution in [0.5, 0.6) is 0 Å². The van der Waals surface area contributed by atoms with Gasteiger partial charge >= 0.3 is 0 Å². The van der Waals surface area contributed by atoms with Crippen molar-refractivity contribution < 1.29 is 19.1 Å². The van der Waals surface area contributed by atoms with Crippen molar-refractivity contribution in [3.63, 3.8) is 0 Å². The Morgan fingerprint density at radius 2 is 1.87 bits per heavy atom. The number of carbonyl (C=O) groups is 2. The molecule has 0 aromatic rings. The Labute approximate surface area is 90.3 Å². The molecule has 0 unspecified atom stereocenters. The highest BCUT2D eigenvalue weighted by Gasteiger charge is 2.15. The van der Waals surface area contributed by atoms with Gasteiger partial charge in [0.1, 0.15) is 6.61 Å². The summed E-state index contributed by atoms with van der Waals surface area (Å²) in [7, 11) is 3.01. The van der Waals surface area contributed by atoms with E-state index in [2.05, 4.69) is 0 Å². The third kappa shape index (κ3) is 6.19. The molecule has 0 heterocycles. The van der Waals surface area contributed by atoms with E-state index in [1.165, 1.54) is 12.0 Å². The van der Waals surface area contributed by atoms with Crippen LogP contribution in [0.25, 0.3) is 0 Å². The average molecular weight is 217 g/mol. The molecule has 5 heteroatoms. The third-order valence-electron chi connectivity index (χ3n) is 1.95. The molecular formula is C10H19NO4. The predicted molar refractivity (Wildman–Crippen MR) is 55.6 cm³/mol. The molecular weight excluding hydrogens is 198 g/mol. The Hall–Kier alpha value is -0.940. The maximum atomic E-state index is 11.5. The molecule has 0 aromatic carbocycles. The van der Waals surface area contributed by atoms with E-state index >= 15 is 0 Å². The molecule has 88 valence electrons. The summed E-state index contributed by atoms with van der Waals surface area (Å²) in [6.07, 6.45) is 0.434. The smallest absolute Gasteiger partial charge is 0.249 e. The molecule has 0 saturated heterocycles. The number of rotatable bonds is 8. The zero-order valence-corrected chi connectivity index (χ0v) is 9.62. The van der Waals surface area contributed by atoms with E-state index in [0.29, 0.717) is 19.6 Å². The molecule has 0 aliphatic rings. The first-order chi connectivity index (χ1) is 7.15. The van der Waals surface area contributed by atoms with Gasteiger partial charge in [-0.1, -0.05) is 6.92 Å². The zero-order valence-electron chi connectivity index (χ0n) is 9.62. The monoisotopic (exact) mass is 217 g/mol. The van der Waals surface area contributed by atoms with Crippen LogP contribution in [0.4, 0.5) is 0 Å². The van der Waals surface area contributed by atoms with Gasteiger partial charge in [-0.05, 0) is 0 Å². The molecule has 0 aliphatic carbocycles. The van der Waals surface area contributed by atoms with Crippen LogP contribution in [-0.4, -0.2) is 57.1 Å². The Bertz CT molecular complexity index is 206. The van der Waals surface area contributed by atoms with E-state index in [-0.39, 0.29) is 24.8 Å². The normalized spacial score (nSPS) is 10.1. The lowest BCUT2D eigenvalue weighted by molar-refractivity contribution is -0.139. The fraction of sp³-hybridized carbons (Fsp3) is 0.800. The lowest BCUT2D eigenvalue weighted by Crippen LogP contribution is -2.39. The molecule has 0 N–H and O–H groups in total. The SMILES string of the molecule is CCC(=O)CN(CCOC)C(=O)COC. The van der Waals surface area contributed by atoms with Gasteiger partial charge in [0.05, 0.1) is 13.2 Å². The molecule has 15 heavy (non-hydrogen) atoms. The highest BCUT2D eigenvalue weighted by atomic mass is 16.5. The van der Waals surface area contributed by atoms with Crippen LogP contribution in [-0.2, 0) is 19.1 Å².